The Kier molecular flexibility index (Phi) is 7.14. The highest BCUT2D eigenvalue weighted by Gasteiger charge is 2.30. The van der Waals surface area contributed by atoms with Crippen LogP contribution in [-0.4, -0.2) is 34.8 Å². The first-order chi connectivity index (χ1) is 13.3. The average Bonchev–Trinajstić information content (AvgIpc) is 2.67. The number of halogens is 3. The Bertz CT molecular complexity index is 831. The number of nitrogens with one attached hydrogen (secondary N) is 1. The second-order valence-corrected chi connectivity index (χ2v) is 6.23. The highest BCUT2D eigenvalue weighted by atomic mass is 19.4. The van der Waals surface area contributed by atoms with Gasteiger partial charge in [0, 0.05) is 18.8 Å². The number of alkyl halides is 3. The van der Waals surface area contributed by atoms with Gasteiger partial charge in [-0.15, -0.1) is 0 Å². The third kappa shape index (κ3) is 5.55. The number of rotatable bonds is 7. The second kappa shape index (κ2) is 9.34. The summed E-state index contributed by atoms with van der Waals surface area (Å²) in [6.07, 6.45) is -2.92. The minimum absolute atomic E-state index is 0.00283. The molecule has 1 heterocycles. The molecule has 0 saturated heterocycles. The van der Waals surface area contributed by atoms with Crippen molar-refractivity contribution in [3.05, 3.63) is 59.4 Å². The number of nitrogens with zero attached hydrogens (tertiary/aromatic N) is 2. The van der Waals surface area contributed by atoms with Crippen molar-refractivity contribution in [2.75, 3.05) is 18.4 Å². The second-order valence-electron chi connectivity index (χ2n) is 6.23. The van der Waals surface area contributed by atoms with Crippen molar-refractivity contribution in [1.82, 2.24) is 9.88 Å². The largest absolute Gasteiger partial charge is 0.416 e. The SMILES string of the molecule is CCCN(CCC)C(=O)c1cccc(C(=O)Nc2cccc(C(F)(F)F)c2)n1. The van der Waals surface area contributed by atoms with E-state index in [1.807, 2.05) is 13.8 Å². The number of hydrogen-bond donors (Lipinski definition) is 1. The minimum Gasteiger partial charge on any atom is -0.337 e. The van der Waals surface area contributed by atoms with Crippen LogP contribution in [0.3, 0.4) is 0 Å². The molecule has 1 N–H and O–H groups in total. The molecule has 0 saturated carbocycles. The predicted octanol–water partition coefficient (Wildman–Crippen LogP) is 4.61. The monoisotopic (exact) mass is 393 g/mol. The summed E-state index contributed by atoms with van der Waals surface area (Å²) in [5.41, 5.74) is -0.788. The van der Waals surface area contributed by atoms with Crippen LogP contribution in [0.15, 0.2) is 42.5 Å². The van der Waals surface area contributed by atoms with E-state index in [0.29, 0.717) is 13.1 Å². The van der Waals surface area contributed by atoms with Crippen LogP contribution in [-0.2, 0) is 6.18 Å². The first-order valence-corrected chi connectivity index (χ1v) is 9.01. The Balaban J connectivity index is 2.19. The number of hydrogen-bond acceptors (Lipinski definition) is 3. The Labute approximate surface area is 161 Å². The summed E-state index contributed by atoms with van der Waals surface area (Å²) < 4.78 is 38.4. The van der Waals surface area contributed by atoms with Crippen LogP contribution in [0.2, 0.25) is 0 Å². The van der Waals surface area contributed by atoms with E-state index >= 15 is 0 Å². The Hall–Kier alpha value is -2.90. The van der Waals surface area contributed by atoms with Gasteiger partial charge in [-0.05, 0) is 43.2 Å². The zero-order valence-electron chi connectivity index (χ0n) is 15.7. The van der Waals surface area contributed by atoms with Gasteiger partial charge in [0.25, 0.3) is 11.8 Å². The molecule has 2 amide bonds. The molecule has 0 aliphatic rings. The fraction of sp³-hybridized carbons (Fsp3) is 0.350. The van der Waals surface area contributed by atoms with E-state index in [1.54, 1.807) is 4.90 Å². The minimum atomic E-state index is -4.51. The van der Waals surface area contributed by atoms with Crippen molar-refractivity contribution in [2.24, 2.45) is 0 Å². The molecule has 150 valence electrons. The number of benzene rings is 1. The van der Waals surface area contributed by atoms with E-state index in [9.17, 15) is 22.8 Å². The van der Waals surface area contributed by atoms with Gasteiger partial charge in [0.2, 0.25) is 0 Å². The van der Waals surface area contributed by atoms with Gasteiger partial charge in [0.15, 0.2) is 0 Å². The van der Waals surface area contributed by atoms with Crippen molar-refractivity contribution in [2.45, 2.75) is 32.9 Å². The molecule has 0 unspecified atom stereocenters. The molecule has 2 rings (SSSR count). The maximum Gasteiger partial charge on any atom is 0.416 e. The van der Waals surface area contributed by atoms with Gasteiger partial charge < -0.3 is 10.2 Å². The lowest BCUT2D eigenvalue weighted by Crippen LogP contribution is -2.33. The van der Waals surface area contributed by atoms with Gasteiger partial charge in [0.05, 0.1) is 5.56 Å². The lowest BCUT2D eigenvalue weighted by molar-refractivity contribution is -0.137. The zero-order valence-corrected chi connectivity index (χ0v) is 15.7. The van der Waals surface area contributed by atoms with E-state index in [1.165, 1.54) is 30.3 Å². The fourth-order valence-corrected chi connectivity index (χ4v) is 2.67. The lowest BCUT2D eigenvalue weighted by atomic mass is 10.2. The van der Waals surface area contributed by atoms with Crippen molar-refractivity contribution in [3.63, 3.8) is 0 Å². The molecule has 5 nitrogen and oxygen atoms in total. The van der Waals surface area contributed by atoms with Gasteiger partial charge in [-0.1, -0.05) is 26.0 Å². The van der Waals surface area contributed by atoms with Crippen molar-refractivity contribution < 1.29 is 22.8 Å². The van der Waals surface area contributed by atoms with E-state index in [4.69, 9.17) is 0 Å². The van der Waals surface area contributed by atoms with Crippen molar-refractivity contribution in [1.29, 1.82) is 0 Å². The number of carbonyl (C=O) groups excluding carboxylic acids is 2. The topological polar surface area (TPSA) is 62.3 Å². The highest BCUT2D eigenvalue weighted by Crippen LogP contribution is 2.30. The summed E-state index contributed by atoms with van der Waals surface area (Å²) >= 11 is 0. The van der Waals surface area contributed by atoms with Crippen LogP contribution >= 0.6 is 0 Å². The molecule has 1 aromatic heterocycles. The fourth-order valence-electron chi connectivity index (χ4n) is 2.67. The molecule has 0 spiro atoms. The normalized spacial score (nSPS) is 11.2. The first-order valence-electron chi connectivity index (χ1n) is 9.01. The lowest BCUT2D eigenvalue weighted by Gasteiger charge is -2.21. The van der Waals surface area contributed by atoms with Crippen LogP contribution in [0.1, 0.15) is 53.2 Å². The third-order valence-corrected chi connectivity index (χ3v) is 3.92. The van der Waals surface area contributed by atoms with Gasteiger partial charge in [0.1, 0.15) is 11.4 Å². The number of pyridine rings is 1. The molecule has 0 radical (unpaired) electrons. The van der Waals surface area contributed by atoms with Crippen LogP contribution in [0.4, 0.5) is 18.9 Å². The van der Waals surface area contributed by atoms with E-state index in [0.717, 1.165) is 25.0 Å². The molecule has 0 atom stereocenters. The summed E-state index contributed by atoms with van der Waals surface area (Å²) in [6, 6.07) is 8.77. The molecule has 1 aromatic carbocycles. The van der Waals surface area contributed by atoms with E-state index in [-0.39, 0.29) is 23.0 Å². The van der Waals surface area contributed by atoms with Crippen LogP contribution in [0, 0.1) is 0 Å². The maximum atomic E-state index is 12.8. The summed E-state index contributed by atoms with van der Waals surface area (Å²) in [7, 11) is 0. The molecule has 28 heavy (non-hydrogen) atoms. The molecule has 0 aliphatic heterocycles. The third-order valence-electron chi connectivity index (χ3n) is 3.92. The highest BCUT2D eigenvalue weighted by molar-refractivity contribution is 6.03. The summed E-state index contributed by atoms with van der Waals surface area (Å²) in [5.74, 6) is -0.969. The predicted molar refractivity (Wildman–Crippen MR) is 100 cm³/mol. The average molecular weight is 393 g/mol. The first kappa shape index (κ1) is 21.4. The van der Waals surface area contributed by atoms with E-state index < -0.39 is 17.6 Å². The van der Waals surface area contributed by atoms with Gasteiger partial charge in [-0.25, -0.2) is 4.98 Å². The number of amides is 2. The van der Waals surface area contributed by atoms with Gasteiger partial charge in [-0.3, -0.25) is 9.59 Å². The van der Waals surface area contributed by atoms with Crippen LogP contribution in [0.25, 0.3) is 0 Å². The molecule has 8 heteroatoms. The van der Waals surface area contributed by atoms with Crippen LogP contribution < -0.4 is 5.32 Å². The number of carbonyl (C=O) groups is 2. The zero-order chi connectivity index (χ0) is 20.7. The molecule has 0 fully saturated rings. The molecule has 0 bridgehead atoms. The molecular formula is C20H22F3N3O2. The van der Waals surface area contributed by atoms with Gasteiger partial charge in [-0.2, -0.15) is 13.2 Å². The number of aromatic nitrogens is 1. The summed E-state index contributed by atoms with van der Waals surface area (Å²) in [4.78, 5) is 30.8. The number of anilines is 1. The molecule has 0 aliphatic carbocycles. The Morgan fingerprint density at radius 3 is 2.21 bits per heavy atom. The van der Waals surface area contributed by atoms with Crippen molar-refractivity contribution >= 4 is 17.5 Å². The van der Waals surface area contributed by atoms with Crippen molar-refractivity contribution in [3.8, 4) is 0 Å². The van der Waals surface area contributed by atoms with Crippen LogP contribution in [0.5, 0.6) is 0 Å². The Morgan fingerprint density at radius 1 is 1.00 bits per heavy atom. The molecular weight excluding hydrogens is 371 g/mol. The summed E-state index contributed by atoms with van der Waals surface area (Å²) in [6.45, 7) is 5.08. The summed E-state index contributed by atoms with van der Waals surface area (Å²) in [5, 5.41) is 2.39. The molecule has 2 aromatic rings. The smallest absolute Gasteiger partial charge is 0.337 e. The maximum absolute atomic E-state index is 12.8. The standard InChI is InChI=1S/C20H22F3N3O2/c1-3-11-26(12-4-2)19(28)17-10-6-9-16(25-17)18(27)24-15-8-5-7-14(13-15)20(21,22)23/h5-10,13H,3-4,11-12H2,1-2H3,(H,24,27). The van der Waals surface area contributed by atoms with Gasteiger partial charge >= 0.3 is 6.18 Å². The van der Waals surface area contributed by atoms with E-state index in [2.05, 4.69) is 10.3 Å². The quantitative estimate of drug-likeness (QED) is 0.747. The Morgan fingerprint density at radius 2 is 1.61 bits per heavy atom.